The molecule has 1 saturated carbocycles. The van der Waals surface area contributed by atoms with Crippen LogP contribution in [0.2, 0.25) is 0 Å². The minimum atomic E-state index is -1.11. The highest BCUT2D eigenvalue weighted by atomic mass is 16.6. The molecule has 0 bridgehead atoms. The molecule has 1 rings (SSSR count). The van der Waals surface area contributed by atoms with Crippen LogP contribution >= 0.6 is 0 Å². The van der Waals surface area contributed by atoms with Crippen LogP contribution in [0, 0.1) is 5.92 Å². The highest BCUT2D eigenvalue weighted by molar-refractivity contribution is 5.88. The number of alkyl carbamates (subject to hydrolysis) is 1. The van der Waals surface area contributed by atoms with E-state index in [1.165, 1.54) is 0 Å². The van der Waals surface area contributed by atoms with Gasteiger partial charge in [0.15, 0.2) is 0 Å². The second-order valence-corrected chi connectivity index (χ2v) is 5.01. The van der Waals surface area contributed by atoms with Crippen LogP contribution in [0.3, 0.4) is 0 Å². The first-order chi connectivity index (χ1) is 6.67. The minimum Gasteiger partial charge on any atom is -0.479 e. The van der Waals surface area contributed by atoms with Gasteiger partial charge in [0.05, 0.1) is 0 Å². The molecule has 0 unspecified atom stereocenters. The van der Waals surface area contributed by atoms with Gasteiger partial charge in [-0.25, -0.2) is 9.59 Å². The first kappa shape index (κ1) is 11.8. The highest BCUT2D eigenvalue weighted by Crippen LogP contribution is 2.43. The van der Waals surface area contributed by atoms with E-state index in [1.807, 2.05) is 0 Å². The molecule has 0 saturated heterocycles. The summed E-state index contributed by atoms with van der Waals surface area (Å²) in [4.78, 5) is 22.3. The topological polar surface area (TPSA) is 75.6 Å². The zero-order valence-electron chi connectivity index (χ0n) is 9.46. The Morgan fingerprint density at radius 3 is 2.20 bits per heavy atom. The Morgan fingerprint density at radius 2 is 1.93 bits per heavy atom. The van der Waals surface area contributed by atoms with Crippen LogP contribution in [-0.4, -0.2) is 28.3 Å². The average molecular weight is 215 g/mol. The minimum absolute atomic E-state index is 0.0393. The summed E-state index contributed by atoms with van der Waals surface area (Å²) in [7, 11) is 0. The van der Waals surface area contributed by atoms with Gasteiger partial charge in [-0.3, -0.25) is 0 Å². The molecule has 2 N–H and O–H groups in total. The first-order valence-electron chi connectivity index (χ1n) is 4.92. The molecule has 0 spiro atoms. The molecule has 0 heterocycles. The normalized spacial score (nSPS) is 29.5. The maximum atomic E-state index is 11.4. The molecule has 0 aromatic heterocycles. The van der Waals surface area contributed by atoms with Crippen molar-refractivity contribution in [1.82, 2.24) is 5.32 Å². The first-order valence-corrected chi connectivity index (χ1v) is 4.92. The maximum Gasteiger partial charge on any atom is 0.408 e. The molecule has 1 fully saturated rings. The summed E-state index contributed by atoms with van der Waals surface area (Å²) in [5.41, 5.74) is -1.72. The Kier molecular flexibility index (Phi) is 2.67. The summed E-state index contributed by atoms with van der Waals surface area (Å²) in [6.45, 7) is 6.98. The molecule has 5 heteroatoms. The lowest BCUT2D eigenvalue weighted by molar-refractivity contribution is -0.141. The number of rotatable bonds is 2. The quantitative estimate of drug-likeness (QED) is 0.729. The van der Waals surface area contributed by atoms with Gasteiger partial charge in [0.2, 0.25) is 0 Å². The standard InChI is InChI=1S/C10H17NO4/c1-6-5-10(6,7(12)13)11-8(14)15-9(2,3)4/h6H,5H2,1-4H3,(H,11,14)(H,12,13)/t6-,10+/m1/s1. The molecular formula is C10H17NO4. The second kappa shape index (κ2) is 3.40. The Hall–Kier alpha value is -1.26. The SMILES string of the molecule is C[C@@H]1C[C@@]1(NC(=O)OC(C)(C)C)C(=O)O. The highest BCUT2D eigenvalue weighted by Gasteiger charge is 2.59. The third-order valence-electron chi connectivity index (χ3n) is 2.41. The van der Waals surface area contributed by atoms with E-state index in [2.05, 4.69) is 5.32 Å². The number of carbonyl (C=O) groups excluding carboxylic acids is 1. The summed E-state index contributed by atoms with van der Waals surface area (Å²) >= 11 is 0. The van der Waals surface area contributed by atoms with Crippen LogP contribution in [0.25, 0.3) is 0 Å². The number of nitrogens with one attached hydrogen (secondary N) is 1. The third-order valence-corrected chi connectivity index (χ3v) is 2.41. The fourth-order valence-electron chi connectivity index (χ4n) is 1.44. The van der Waals surface area contributed by atoms with Gasteiger partial charge in [-0.15, -0.1) is 0 Å². The third kappa shape index (κ3) is 2.61. The number of carbonyl (C=O) groups is 2. The summed E-state index contributed by atoms with van der Waals surface area (Å²) < 4.78 is 5.00. The maximum absolute atomic E-state index is 11.4. The molecule has 5 nitrogen and oxygen atoms in total. The number of carboxylic acid groups (broad SMARTS) is 1. The van der Waals surface area contributed by atoms with Crippen LogP contribution < -0.4 is 5.32 Å². The largest absolute Gasteiger partial charge is 0.479 e. The molecule has 0 aliphatic heterocycles. The second-order valence-electron chi connectivity index (χ2n) is 5.01. The Balaban J connectivity index is 2.56. The molecule has 0 radical (unpaired) electrons. The zero-order chi connectivity index (χ0) is 11.9. The van der Waals surface area contributed by atoms with Crippen molar-refractivity contribution in [3.05, 3.63) is 0 Å². The molecule has 1 amide bonds. The fourth-order valence-corrected chi connectivity index (χ4v) is 1.44. The lowest BCUT2D eigenvalue weighted by Crippen LogP contribution is -2.46. The van der Waals surface area contributed by atoms with Crippen LogP contribution in [0.4, 0.5) is 4.79 Å². The van der Waals surface area contributed by atoms with E-state index in [1.54, 1.807) is 27.7 Å². The van der Waals surface area contributed by atoms with Crippen LogP contribution in [-0.2, 0) is 9.53 Å². The number of amides is 1. The van der Waals surface area contributed by atoms with Gasteiger partial charge in [-0.1, -0.05) is 6.92 Å². The Morgan fingerprint density at radius 1 is 1.47 bits per heavy atom. The predicted molar refractivity (Wildman–Crippen MR) is 53.5 cm³/mol. The molecule has 1 aliphatic carbocycles. The van der Waals surface area contributed by atoms with Gasteiger partial charge >= 0.3 is 12.1 Å². The van der Waals surface area contributed by atoms with E-state index in [0.29, 0.717) is 6.42 Å². The van der Waals surface area contributed by atoms with E-state index < -0.39 is 23.2 Å². The van der Waals surface area contributed by atoms with Crippen LogP contribution in [0.1, 0.15) is 34.1 Å². The van der Waals surface area contributed by atoms with Crippen molar-refractivity contribution in [1.29, 1.82) is 0 Å². The number of hydrogen-bond acceptors (Lipinski definition) is 3. The Bertz CT molecular complexity index is 294. The van der Waals surface area contributed by atoms with Crippen molar-refractivity contribution >= 4 is 12.1 Å². The van der Waals surface area contributed by atoms with Gasteiger partial charge in [-0.2, -0.15) is 0 Å². The van der Waals surface area contributed by atoms with E-state index >= 15 is 0 Å². The van der Waals surface area contributed by atoms with Gasteiger partial charge in [0.1, 0.15) is 11.1 Å². The molecular weight excluding hydrogens is 198 g/mol. The monoisotopic (exact) mass is 215 g/mol. The molecule has 0 aromatic rings. The molecule has 86 valence electrons. The van der Waals surface area contributed by atoms with E-state index in [4.69, 9.17) is 9.84 Å². The fraction of sp³-hybridized carbons (Fsp3) is 0.800. The van der Waals surface area contributed by atoms with Crippen LogP contribution in [0.15, 0.2) is 0 Å². The van der Waals surface area contributed by atoms with E-state index in [-0.39, 0.29) is 5.92 Å². The van der Waals surface area contributed by atoms with Gasteiger partial charge < -0.3 is 15.2 Å². The van der Waals surface area contributed by atoms with Crippen LogP contribution in [0.5, 0.6) is 0 Å². The van der Waals surface area contributed by atoms with Gasteiger partial charge in [0, 0.05) is 0 Å². The van der Waals surface area contributed by atoms with Crippen molar-refractivity contribution in [3.8, 4) is 0 Å². The van der Waals surface area contributed by atoms with E-state index in [9.17, 15) is 9.59 Å². The lowest BCUT2D eigenvalue weighted by atomic mass is 10.2. The summed E-state index contributed by atoms with van der Waals surface area (Å²) in [6.07, 6.45) is -0.212. The Labute approximate surface area is 88.8 Å². The molecule has 0 aromatic carbocycles. The molecule has 1 aliphatic rings. The summed E-state index contributed by atoms with van der Waals surface area (Å²) in [5, 5.41) is 11.4. The summed E-state index contributed by atoms with van der Waals surface area (Å²) in [5.74, 6) is -1.04. The van der Waals surface area contributed by atoms with Crippen molar-refractivity contribution in [2.75, 3.05) is 0 Å². The van der Waals surface area contributed by atoms with Crippen molar-refractivity contribution < 1.29 is 19.4 Å². The van der Waals surface area contributed by atoms with E-state index in [0.717, 1.165) is 0 Å². The predicted octanol–water partition coefficient (Wildman–Crippen LogP) is 1.37. The van der Waals surface area contributed by atoms with Crippen molar-refractivity contribution in [2.24, 2.45) is 5.92 Å². The number of aliphatic carboxylic acids is 1. The van der Waals surface area contributed by atoms with Crippen molar-refractivity contribution in [2.45, 2.75) is 45.3 Å². The zero-order valence-corrected chi connectivity index (χ0v) is 9.46. The number of carboxylic acids is 1. The van der Waals surface area contributed by atoms with Crippen molar-refractivity contribution in [3.63, 3.8) is 0 Å². The molecule has 15 heavy (non-hydrogen) atoms. The smallest absolute Gasteiger partial charge is 0.408 e. The molecule has 2 atom stereocenters. The number of hydrogen-bond donors (Lipinski definition) is 2. The lowest BCUT2D eigenvalue weighted by Gasteiger charge is -2.22. The number of ether oxygens (including phenoxy) is 1. The summed E-state index contributed by atoms with van der Waals surface area (Å²) in [6, 6.07) is 0. The van der Waals surface area contributed by atoms with Gasteiger partial charge in [0.25, 0.3) is 0 Å². The average Bonchev–Trinajstić information content (AvgIpc) is 2.57. The van der Waals surface area contributed by atoms with Gasteiger partial charge in [-0.05, 0) is 33.1 Å².